The predicted octanol–water partition coefficient (Wildman–Crippen LogP) is 4.44. The van der Waals surface area contributed by atoms with Gasteiger partial charge in [0.15, 0.2) is 0 Å². The SMILES string of the molecule is CCNc1c(C)c(CC)nc2cc(F)c(Br)cc12. The maximum atomic E-state index is 13.6. The number of hydrogen-bond acceptors (Lipinski definition) is 2. The lowest BCUT2D eigenvalue weighted by molar-refractivity contribution is 0.622. The predicted molar refractivity (Wildman–Crippen MR) is 77.7 cm³/mol. The third-order valence-corrected chi connectivity index (χ3v) is 3.67. The van der Waals surface area contributed by atoms with Gasteiger partial charge in [-0.15, -0.1) is 0 Å². The van der Waals surface area contributed by atoms with Crippen LogP contribution in [0.4, 0.5) is 10.1 Å². The highest BCUT2D eigenvalue weighted by Crippen LogP contribution is 2.31. The van der Waals surface area contributed by atoms with Crippen LogP contribution >= 0.6 is 15.9 Å². The lowest BCUT2D eigenvalue weighted by Crippen LogP contribution is -2.04. The molecule has 2 rings (SSSR count). The van der Waals surface area contributed by atoms with Crippen LogP contribution in [-0.4, -0.2) is 11.5 Å². The Kier molecular flexibility index (Phi) is 3.85. The smallest absolute Gasteiger partial charge is 0.139 e. The highest BCUT2D eigenvalue weighted by atomic mass is 79.9. The molecule has 0 amide bonds. The van der Waals surface area contributed by atoms with Gasteiger partial charge in [0, 0.05) is 29.4 Å². The molecule has 1 N–H and O–H groups in total. The van der Waals surface area contributed by atoms with E-state index in [1.807, 2.05) is 0 Å². The van der Waals surface area contributed by atoms with E-state index in [1.165, 1.54) is 6.07 Å². The molecular formula is C14H16BrFN2. The van der Waals surface area contributed by atoms with Crippen molar-refractivity contribution in [3.05, 3.63) is 33.7 Å². The third kappa shape index (κ3) is 2.21. The standard InChI is InChI=1S/C14H16BrFN2/c1-4-12-8(3)14(17-5-2)9-6-10(15)11(16)7-13(9)18-12/h6-7H,4-5H2,1-3H3,(H,17,18). The molecule has 1 aromatic heterocycles. The van der Waals surface area contributed by atoms with E-state index in [0.717, 1.165) is 35.3 Å². The summed E-state index contributed by atoms with van der Waals surface area (Å²) in [4.78, 5) is 4.54. The second-order valence-electron chi connectivity index (χ2n) is 4.23. The number of anilines is 1. The van der Waals surface area contributed by atoms with Gasteiger partial charge < -0.3 is 5.32 Å². The van der Waals surface area contributed by atoms with Crippen LogP contribution in [0.5, 0.6) is 0 Å². The number of benzene rings is 1. The second-order valence-corrected chi connectivity index (χ2v) is 5.08. The molecule has 0 spiro atoms. The lowest BCUT2D eigenvalue weighted by atomic mass is 10.1. The number of halogens is 2. The van der Waals surface area contributed by atoms with Crippen LogP contribution < -0.4 is 5.32 Å². The van der Waals surface area contributed by atoms with Crippen LogP contribution in [-0.2, 0) is 6.42 Å². The third-order valence-electron chi connectivity index (χ3n) is 3.06. The summed E-state index contributed by atoms with van der Waals surface area (Å²) < 4.78 is 14.1. The number of fused-ring (bicyclic) bond motifs is 1. The highest BCUT2D eigenvalue weighted by molar-refractivity contribution is 9.10. The van der Waals surface area contributed by atoms with Crippen molar-refractivity contribution in [2.45, 2.75) is 27.2 Å². The number of nitrogens with zero attached hydrogens (tertiary/aromatic N) is 1. The van der Waals surface area contributed by atoms with Crippen LogP contribution in [0.2, 0.25) is 0 Å². The first-order chi connectivity index (χ1) is 8.58. The lowest BCUT2D eigenvalue weighted by Gasteiger charge is -2.15. The van der Waals surface area contributed by atoms with Gasteiger partial charge in [-0.25, -0.2) is 4.39 Å². The molecule has 4 heteroatoms. The molecule has 0 saturated carbocycles. The fourth-order valence-corrected chi connectivity index (χ4v) is 2.50. The topological polar surface area (TPSA) is 24.9 Å². The van der Waals surface area contributed by atoms with Crippen molar-refractivity contribution in [3.63, 3.8) is 0 Å². The Bertz CT molecular complexity index is 596. The monoisotopic (exact) mass is 310 g/mol. The summed E-state index contributed by atoms with van der Waals surface area (Å²) in [5.41, 5.74) is 3.92. The molecule has 0 unspecified atom stereocenters. The van der Waals surface area contributed by atoms with Crippen LogP contribution in [0, 0.1) is 12.7 Å². The van der Waals surface area contributed by atoms with Crippen LogP contribution in [0.25, 0.3) is 10.9 Å². The van der Waals surface area contributed by atoms with Gasteiger partial charge in [0.05, 0.1) is 9.99 Å². The van der Waals surface area contributed by atoms with Crippen molar-refractivity contribution < 1.29 is 4.39 Å². The minimum atomic E-state index is -0.275. The maximum absolute atomic E-state index is 13.6. The summed E-state index contributed by atoms with van der Waals surface area (Å²) in [6.07, 6.45) is 0.845. The Labute approximate surface area is 115 Å². The van der Waals surface area contributed by atoms with E-state index in [4.69, 9.17) is 0 Å². The number of rotatable bonds is 3. The van der Waals surface area contributed by atoms with E-state index in [0.29, 0.717) is 9.99 Å². The largest absolute Gasteiger partial charge is 0.385 e. The van der Waals surface area contributed by atoms with Gasteiger partial charge in [-0.05, 0) is 47.8 Å². The van der Waals surface area contributed by atoms with Gasteiger partial charge in [0.25, 0.3) is 0 Å². The zero-order valence-corrected chi connectivity index (χ0v) is 12.4. The molecule has 1 aromatic carbocycles. The van der Waals surface area contributed by atoms with Crippen molar-refractivity contribution in [2.24, 2.45) is 0 Å². The highest BCUT2D eigenvalue weighted by Gasteiger charge is 2.12. The molecule has 96 valence electrons. The first-order valence-electron chi connectivity index (χ1n) is 6.10. The molecule has 0 bridgehead atoms. The minimum absolute atomic E-state index is 0.275. The van der Waals surface area contributed by atoms with Crippen LogP contribution in [0.1, 0.15) is 25.1 Å². The molecule has 0 aliphatic rings. The number of aryl methyl sites for hydroxylation is 1. The van der Waals surface area contributed by atoms with E-state index in [-0.39, 0.29) is 5.82 Å². The maximum Gasteiger partial charge on any atom is 0.139 e. The molecule has 2 aromatic rings. The summed E-state index contributed by atoms with van der Waals surface area (Å²) in [5, 5.41) is 4.32. The quantitative estimate of drug-likeness (QED) is 0.906. The Hall–Kier alpha value is -1.16. The average molecular weight is 311 g/mol. The Balaban J connectivity index is 2.81. The van der Waals surface area contributed by atoms with Gasteiger partial charge in [-0.1, -0.05) is 6.92 Å². The Morgan fingerprint density at radius 1 is 1.33 bits per heavy atom. The first kappa shape index (κ1) is 13.3. The van der Waals surface area contributed by atoms with E-state index >= 15 is 0 Å². The van der Waals surface area contributed by atoms with Gasteiger partial charge >= 0.3 is 0 Å². The fourth-order valence-electron chi connectivity index (χ4n) is 2.15. The molecule has 0 fully saturated rings. The molecule has 0 radical (unpaired) electrons. The summed E-state index contributed by atoms with van der Waals surface area (Å²) in [6.45, 7) is 7.00. The zero-order valence-electron chi connectivity index (χ0n) is 10.8. The first-order valence-corrected chi connectivity index (χ1v) is 6.89. The molecule has 0 aliphatic carbocycles. The molecule has 1 heterocycles. The molecule has 0 atom stereocenters. The van der Waals surface area contributed by atoms with Crippen molar-refractivity contribution in [1.82, 2.24) is 4.98 Å². The summed E-state index contributed by atoms with van der Waals surface area (Å²) >= 11 is 3.23. The Morgan fingerprint density at radius 2 is 2.06 bits per heavy atom. The van der Waals surface area contributed by atoms with Crippen molar-refractivity contribution in [3.8, 4) is 0 Å². The number of aromatic nitrogens is 1. The van der Waals surface area contributed by atoms with E-state index in [9.17, 15) is 4.39 Å². The van der Waals surface area contributed by atoms with E-state index in [2.05, 4.69) is 47.0 Å². The molecule has 18 heavy (non-hydrogen) atoms. The van der Waals surface area contributed by atoms with Crippen LogP contribution in [0.3, 0.4) is 0 Å². The number of nitrogens with one attached hydrogen (secondary N) is 1. The molecule has 0 saturated heterocycles. The summed E-state index contributed by atoms with van der Waals surface area (Å²) in [6, 6.07) is 3.28. The average Bonchev–Trinajstić information content (AvgIpc) is 2.35. The summed E-state index contributed by atoms with van der Waals surface area (Å²) in [5.74, 6) is -0.275. The van der Waals surface area contributed by atoms with Crippen LogP contribution in [0.15, 0.2) is 16.6 Å². The van der Waals surface area contributed by atoms with Crippen molar-refractivity contribution >= 4 is 32.5 Å². The van der Waals surface area contributed by atoms with Gasteiger partial charge in [0.2, 0.25) is 0 Å². The zero-order chi connectivity index (χ0) is 13.3. The summed E-state index contributed by atoms with van der Waals surface area (Å²) in [7, 11) is 0. The second kappa shape index (κ2) is 5.22. The Morgan fingerprint density at radius 3 is 2.67 bits per heavy atom. The van der Waals surface area contributed by atoms with Crippen molar-refractivity contribution in [1.29, 1.82) is 0 Å². The normalized spacial score (nSPS) is 10.9. The van der Waals surface area contributed by atoms with Crippen molar-refractivity contribution in [2.75, 3.05) is 11.9 Å². The van der Waals surface area contributed by atoms with Gasteiger partial charge in [-0.3, -0.25) is 4.98 Å². The molecule has 0 aliphatic heterocycles. The van der Waals surface area contributed by atoms with E-state index < -0.39 is 0 Å². The van der Waals surface area contributed by atoms with Gasteiger partial charge in [0.1, 0.15) is 5.82 Å². The molecular weight excluding hydrogens is 295 g/mol. The fraction of sp³-hybridized carbons (Fsp3) is 0.357. The molecule has 2 nitrogen and oxygen atoms in total. The number of hydrogen-bond donors (Lipinski definition) is 1. The van der Waals surface area contributed by atoms with Gasteiger partial charge in [-0.2, -0.15) is 0 Å². The minimum Gasteiger partial charge on any atom is -0.385 e. The number of pyridine rings is 1. The van der Waals surface area contributed by atoms with E-state index in [1.54, 1.807) is 6.07 Å².